The highest BCUT2D eigenvalue weighted by atomic mass is 127. The third kappa shape index (κ3) is 4.46. The van der Waals surface area contributed by atoms with Crippen molar-refractivity contribution in [1.82, 2.24) is 10.2 Å². The fourth-order valence-electron chi connectivity index (χ4n) is 1.49. The Balaban J connectivity index is 2.17. The van der Waals surface area contributed by atoms with Gasteiger partial charge in [0.2, 0.25) is 5.13 Å². The molecule has 0 saturated heterocycles. The Bertz CT molecular complexity index is 749. The lowest BCUT2D eigenvalue weighted by Crippen LogP contribution is -2.13. The van der Waals surface area contributed by atoms with Crippen LogP contribution >= 0.6 is 45.7 Å². The second-order valence-corrected chi connectivity index (χ2v) is 9.29. The topological polar surface area (TPSA) is 81.2 Å². The van der Waals surface area contributed by atoms with Crippen molar-refractivity contribution in [3.8, 4) is 5.75 Å². The van der Waals surface area contributed by atoms with E-state index < -0.39 is 10.0 Å². The van der Waals surface area contributed by atoms with E-state index in [2.05, 4.69) is 21.8 Å². The number of ether oxygens (including phenoxy) is 1. The molecule has 0 bridgehead atoms. The van der Waals surface area contributed by atoms with E-state index in [1.807, 2.05) is 22.6 Å². The Kier molecular flexibility index (Phi) is 6.29. The lowest BCUT2D eigenvalue weighted by molar-refractivity contribution is 0.411. The monoisotopic (exact) mass is 471 g/mol. The summed E-state index contributed by atoms with van der Waals surface area (Å²) in [5.41, 5.74) is 0. The van der Waals surface area contributed by atoms with Crippen molar-refractivity contribution in [3.05, 3.63) is 21.8 Å². The first-order valence-electron chi connectivity index (χ1n) is 6.29. The molecule has 0 spiro atoms. The molecule has 1 aromatic heterocycles. The highest BCUT2D eigenvalue weighted by Crippen LogP contribution is 2.29. The van der Waals surface area contributed by atoms with Gasteiger partial charge in [-0.2, -0.15) is 0 Å². The van der Waals surface area contributed by atoms with Gasteiger partial charge < -0.3 is 4.74 Å². The quantitative estimate of drug-likeness (QED) is 0.492. The van der Waals surface area contributed by atoms with Crippen molar-refractivity contribution in [3.63, 3.8) is 0 Å². The average Bonchev–Trinajstić information content (AvgIpc) is 2.91. The summed E-state index contributed by atoms with van der Waals surface area (Å²) in [4.78, 5) is 0.163. The van der Waals surface area contributed by atoms with Crippen LogP contribution in [0.5, 0.6) is 5.75 Å². The number of thioether (sulfide) groups is 1. The van der Waals surface area contributed by atoms with Crippen molar-refractivity contribution in [2.45, 2.75) is 22.6 Å². The number of rotatable bonds is 7. The molecule has 22 heavy (non-hydrogen) atoms. The molecule has 1 heterocycles. The van der Waals surface area contributed by atoms with Crippen molar-refractivity contribution < 1.29 is 13.2 Å². The van der Waals surface area contributed by atoms with E-state index in [4.69, 9.17) is 4.74 Å². The van der Waals surface area contributed by atoms with E-state index in [9.17, 15) is 8.42 Å². The van der Waals surface area contributed by atoms with Gasteiger partial charge in [0, 0.05) is 5.75 Å². The summed E-state index contributed by atoms with van der Waals surface area (Å²) in [5, 5.41) is 8.09. The first-order chi connectivity index (χ1) is 10.5. The molecule has 0 aliphatic carbocycles. The Morgan fingerprint density at radius 1 is 1.41 bits per heavy atom. The highest BCUT2D eigenvalue weighted by molar-refractivity contribution is 14.1. The summed E-state index contributed by atoms with van der Waals surface area (Å²) in [6.45, 7) is 2.07. The zero-order valence-electron chi connectivity index (χ0n) is 11.9. The SMILES string of the molecule is CCCSc1nnc(NS(=O)(=O)c2ccc(OC)c(I)c2)s1. The third-order valence-electron chi connectivity index (χ3n) is 2.49. The lowest BCUT2D eigenvalue weighted by Gasteiger charge is -2.07. The minimum atomic E-state index is -3.68. The number of anilines is 1. The number of benzene rings is 1. The number of methoxy groups -OCH3 is 1. The predicted molar refractivity (Wildman–Crippen MR) is 97.4 cm³/mol. The molecule has 6 nitrogen and oxygen atoms in total. The molecule has 0 aliphatic rings. The minimum absolute atomic E-state index is 0.163. The Morgan fingerprint density at radius 3 is 2.82 bits per heavy atom. The fourth-order valence-corrected chi connectivity index (χ4v) is 5.37. The average molecular weight is 471 g/mol. The highest BCUT2D eigenvalue weighted by Gasteiger charge is 2.18. The molecule has 2 rings (SSSR count). The number of nitrogens with zero attached hydrogens (tertiary/aromatic N) is 2. The van der Waals surface area contributed by atoms with Gasteiger partial charge in [0.25, 0.3) is 10.0 Å². The number of hydrogen-bond donors (Lipinski definition) is 1. The van der Waals surface area contributed by atoms with E-state index in [-0.39, 0.29) is 10.0 Å². The van der Waals surface area contributed by atoms with Crippen LogP contribution in [0.1, 0.15) is 13.3 Å². The molecule has 1 N–H and O–H groups in total. The van der Waals surface area contributed by atoms with Crippen LogP contribution < -0.4 is 9.46 Å². The van der Waals surface area contributed by atoms with Gasteiger partial charge in [0.1, 0.15) is 5.75 Å². The molecule has 0 unspecified atom stereocenters. The van der Waals surface area contributed by atoms with E-state index in [0.29, 0.717) is 5.75 Å². The third-order valence-corrected chi connectivity index (χ3v) is 6.98. The normalized spacial score (nSPS) is 11.4. The largest absolute Gasteiger partial charge is 0.496 e. The Hall–Kier alpha value is -0.590. The molecular weight excluding hydrogens is 457 g/mol. The van der Waals surface area contributed by atoms with Crippen LogP contribution in [0.2, 0.25) is 0 Å². The zero-order chi connectivity index (χ0) is 16.2. The van der Waals surface area contributed by atoms with Crippen molar-refractivity contribution in [2.75, 3.05) is 17.6 Å². The van der Waals surface area contributed by atoms with Gasteiger partial charge in [-0.3, -0.25) is 4.72 Å². The number of aromatic nitrogens is 2. The summed E-state index contributed by atoms with van der Waals surface area (Å²) in [6.07, 6.45) is 1.02. The zero-order valence-corrected chi connectivity index (χ0v) is 16.5. The molecule has 10 heteroatoms. The maximum absolute atomic E-state index is 12.4. The van der Waals surface area contributed by atoms with E-state index >= 15 is 0 Å². The molecule has 0 aliphatic heterocycles. The summed E-state index contributed by atoms with van der Waals surface area (Å²) in [5.74, 6) is 1.56. The molecule has 120 valence electrons. The first-order valence-corrected chi connectivity index (χ1v) is 10.7. The van der Waals surface area contributed by atoms with Gasteiger partial charge >= 0.3 is 0 Å². The van der Waals surface area contributed by atoms with Crippen molar-refractivity contribution >= 4 is 60.8 Å². The minimum Gasteiger partial charge on any atom is -0.496 e. The van der Waals surface area contributed by atoms with Crippen LogP contribution in [0, 0.1) is 3.57 Å². The standard InChI is InChI=1S/C12H14IN3O3S3/c1-3-6-20-12-15-14-11(21-12)16-22(17,18)8-4-5-10(19-2)9(13)7-8/h4-5,7H,3,6H2,1-2H3,(H,14,16). The molecule has 0 atom stereocenters. The van der Waals surface area contributed by atoms with Gasteiger partial charge in [-0.15, -0.1) is 10.2 Å². The second kappa shape index (κ2) is 7.79. The molecule has 1 aromatic carbocycles. The molecule has 0 fully saturated rings. The molecule has 0 amide bonds. The van der Waals surface area contributed by atoms with Crippen LogP contribution in [0.25, 0.3) is 0 Å². The van der Waals surface area contributed by atoms with Crippen LogP contribution in [-0.4, -0.2) is 31.5 Å². The van der Waals surface area contributed by atoms with Gasteiger partial charge in [0.05, 0.1) is 15.6 Å². The Morgan fingerprint density at radius 2 is 2.18 bits per heavy atom. The summed E-state index contributed by atoms with van der Waals surface area (Å²) >= 11 is 4.82. The van der Waals surface area contributed by atoms with Crippen molar-refractivity contribution in [1.29, 1.82) is 0 Å². The van der Waals surface area contributed by atoms with Crippen LogP contribution in [0.3, 0.4) is 0 Å². The summed E-state index contributed by atoms with van der Waals surface area (Å²) in [7, 11) is -2.14. The van der Waals surface area contributed by atoms with E-state index in [1.54, 1.807) is 31.0 Å². The number of halogens is 1. The molecule has 2 aromatic rings. The number of sulfonamides is 1. The van der Waals surface area contributed by atoms with E-state index in [0.717, 1.165) is 20.1 Å². The van der Waals surface area contributed by atoms with Crippen molar-refractivity contribution in [2.24, 2.45) is 0 Å². The van der Waals surface area contributed by atoms with Gasteiger partial charge in [-0.25, -0.2) is 8.42 Å². The smallest absolute Gasteiger partial charge is 0.263 e. The Labute approximate surface area is 151 Å². The van der Waals surface area contributed by atoms with Crippen LogP contribution in [0.15, 0.2) is 27.4 Å². The van der Waals surface area contributed by atoms with Crippen LogP contribution in [-0.2, 0) is 10.0 Å². The van der Waals surface area contributed by atoms with Gasteiger partial charge in [-0.05, 0) is 47.2 Å². The summed E-state index contributed by atoms with van der Waals surface area (Å²) in [6, 6.07) is 4.67. The number of nitrogens with one attached hydrogen (secondary N) is 1. The maximum atomic E-state index is 12.4. The summed E-state index contributed by atoms with van der Waals surface area (Å²) < 4.78 is 33.8. The lowest BCUT2D eigenvalue weighted by atomic mass is 10.3. The van der Waals surface area contributed by atoms with Crippen LogP contribution in [0.4, 0.5) is 5.13 Å². The van der Waals surface area contributed by atoms with Gasteiger partial charge in [0.15, 0.2) is 4.34 Å². The van der Waals surface area contributed by atoms with Gasteiger partial charge in [-0.1, -0.05) is 30.0 Å². The fraction of sp³-hybridized carbons (Fsp3) is 0.333. The number of hydrogen-bond acceptors (Lipinski definition) is 7. The molecular formula is C12H14IN3O3S3. The van der Waals surface area contributed by atoms with E-state index in [1.165, 1.54) is 17.4 Å². The predicted octanol–water partition coefficient (Wildman–Crippen LogP) is 3.45. The molecule has 0 saturated carbocycles. The maximum Gasteiger partial charge on any atom is 0.263 e. The first kappa shape index (κ1) is 17.8. The second-order valence-electron chi connectivity index (χ2n) is 4.12. The molecule has 0 radical (unpaired) electrons.